The third-order valence-electron chi connectivity index (χ3n) is 5.39. The first kappa shape index (κ1) is 20.2. The Balaban J connectivity index is 1.69. The summed E-state index contributed by atoms with van der Waals surface area (Å²) in [6, 6.07) is 43.5. The monoisotopic (exact) mass is 405 g/mol. The highest BCUT2D eigenvalue weighted by molar-refractivity contribution is 7.95. The van der Waals surface area contributed by atoms with Gasteiger partial charge in [0, 0.05) is 12.0 Å². The predicted molar refractivity (Wildman–Crippen MR) is 133 cm³/mol. The van der Waals surface area contributed by atoms with Gasteiger partial charge in [0.2, 0.25) is 0 Å². The Morgan fingerprint density at radius 2 is 0.900 bits per heavy atom. The van der Waals surface area contributed by atoms with Crippen LogP contribution >= 0.6 is 7.26 Å². The van der Waals surface area contributed by atoms with Gasteiger partial charge >= 0.3 is 0 Å². The van der Waals surface area contributed by atoms with Crippen molar-refractivity contribution < 1.29 is 0 Å². The van der Waals surface area contributed by atoms with Gasteiger partial charge in [0.25, 0.3) is 0 Å². The lowest BCUT2D eigenvalue weighted by atomic mass is 10.2. The fourth-order valence-electron chi connectivity index (χ4n) is 3.97. The summed E-state index contributed by atoms with van der Waals surface area (Å²) in [4.78, 5) is 0. The summed E-state index contributed by atoms with van der Waals surface area (Å²) in [7, 11) is -1.73. The summed E-state index contributed by atoms with van der Waals surface area (Å²) >= 11 is 0. The molecule has 0 saturated carbocycles. The Morgan fingerprint density at radius 1 is 0.500 bits per heavy atom. The van der Waals surface area contributed by atoms with Gasteiger partial charge < -0.3 is 0 Å². The molecule has 4 rings (SSSR count). The zero-order valence-electron chi connectivity index (χ0n) is 17.1. The van der Waals surface area contributed by atoms with E-state index in [9.17, 15) is 0 Å². The fraction of sp³-hybridized carbons (Fsp3) is 0.103. The molecule has 0 fully saturated rings. The second-order valence-electron chi connectivity index (χ2n) is 7.31. The van der Waals surface area contributed by atoms with Crippen LogP contribution in [0.1, 0.15) is 18.4 Å². The van der Waals surface area contributed by atoms with E-state index >= 15 is 0 Å². The molecular weight excluding hydrogens is 379 g/mol. The Bertz CT molecular complexity index is 995. The van der Waals surface area contributed by atoms with Crippen LogP contribution in [0, 0.1) is 11.8 Å². The number of benzene rings is 4. The maximum Gasteiger partial charge on any atom is 0.112 e. The molecule has 0 aliphatic carbocycles. The third kappa shape index (κ3) is 4.54. The molecule has 0 aliphatic heterocycles. The molecule has 0 spiro atoms. The van der Waals surface area contributed by atoms with Crippen LogP contribution < -0.4 is 15.9 Å². The molecule has 0 bridgehead atoms. The van der Waals surface area contributed by atoms with E-state index in [4.69, 9.17) is 0 Å². The Morgan fingerprint density at radius 3 is 1.33 bits per heavy atom. The first-order chi connectivity index (χ1) is 14.9. The van der Waals surface area contributed by atoms with Crippen molar-refractivity contribution in [2.24, 2.45) is 0 Å². The van der Waals surface area contributed by atoms with E-state index in [-0.39, 0.29) is 0 Å². The second-order valence-corrected chi connectivity index (χ2v) is 10.9. The van der Waals surface area contributed by atoms with Crippen LogP contribution in [0.3, 0.4) is 0 Å². The number of rotatable bonds is 6. The van der Waals surface area contributed by atoms with Gasteiger partial charge in [0.05, 0.1) is 6.16 Å². The van der Waals surface area contributed by atoms with Crippen molar-refractivity contribution in [1.82, 2.24) is 0 Å². The molecule has 4 aromatic rings. The van der Waals surface area contributed by atoms with Crippen LogP contribution in [0.4, 0.5) is 0 Å². The lowest BCUT2D eigenvalue weighted by molar-refractivity contribution is 0.990. The molecule has 0 heterocycles. The molecule has 1 heteroatoms. The van der Waals surface area contributed by atoms with E-state index in [2.05, 4.69) is 115 Å². The molecule has 0 saturated heterocycles. The van der Waals surface area contributed by atoms with E-state index in [1.165, 1.54) is 15.9 Å². The molecule has 0 aromatic heterocycles. The summed E-state index contributed by atoms with van der Waals surface area (Å²) in [6.45, 7) is 0. The van der Waals surface area contributed by atoms with Crippen LogP contribution in [0.15, 0.2) is 121 Å². The molecule has 0 radical (unpaired) electrons. The molecule has 0 unspecified atom stereocenters. The molecule has 0 nitrogen and oxygen atoms in total. The Hall–Kier alpha value is -3.13. The van der Waals surface area contributed by atoms with Crippen molar-refractivity contribution >= 4 is 23.2 Å². The highest BCUT2D eigenvalue weighted by atomic mass is 31.2. The average molecular weight is 406 g/mol. The summed E-state index contributed by atoms with van der Waals surface area (Å²) in [5.74, 6) is 6.71. The Kier molecular flexibility index (Phi) is 6.76. The van der Waals surface area contributed by atoms with Crippen molar-refractivity contribution in [3.05, 3.63) is 127 Å². The third-order valence-corrected chi connectivity index (χ3v) is 9.92. The van der Waals surface area contributed by atoms with E-state index in [0.29, 0.717) is 0 Å². The molecule has 4 aromatic carbocycles. The van der Waals surface area contributed by atoms with Crippen molar-refractivity contribution in [2.75, 3.05) is 6.16 Å². The van der Waals surface area contributed by atoms with Crippen LogP contribution in [-0.2, 0) is 0 Å². The minimum Gasteiger partial charge on any atom is -0.0977 e. The van der Waals surface area contributed by atoms with Crippen molar-refractivity contribution in [1.29, 1.82) is 0 Å². The molecule has 0 N–H and O–H groups in total. The quantitative estimate of drug-likeness (QED) is 0.216. The van der Waals surface area contributed by atoms with Crippen LogP contribution in [0.25, 0.3) is 0 Å². The second kappa shape index (κ2) is 10.1. The van der Waals surface area contributed by atoms with E-state index in [1.807, 2.05) is 18.2 Å². The fourth-order valence-corrected chi connectivity index (χ4v) is 8.32. The summed E-state index contributed by atoms with van der Waals surface area (Å²) < 4.78 is 0. The maximum atomic E-state index is 3.40. The topological polar surface area (TPSA) is 0 Å². The van der Waals surface area contributed by atoms with Gasteiger partial charge in [0.15, 0.2) is 0 Å². The Labute approximate surface area is 181 Å². The smallest absolute Gasteiger partial charge is 0.0977 e. The number of hydrogen-bond donors (Lipinski definition) is 0. The van der Waals surface area contributed by atoms with Gasteiger partial charge in [-0.1, -0.05) is 84.6 Å². The zero-order valence-corrected chi connectivity index (χ0v) is 18.0. The van der Waals surface area contributed by atoms with Crippen molar-refractivity contribution in [3.63, 3.8) is 0 Å². The maximum absolute atomic E-state index is 3.40. The molecule has 0 aliphatic rings. The first-order valence-corrected chi connectivity index (χ1v) is 12.5. The van der Waals surface area contributed by atoms with Gasteiger partial charge in [-0.3, -0.25) is 0 Å². The van der Waals surface area contributed by atoms with Gasteiger partial charge in [-0.2, -0.15) is 0 Å². The van der Waals surface area contributed by atoms with Gasteiger partial charge in [0.1, 0.15) is 23.2 Å². The molecule has 30 heavy (non-hydrogen) atoms. The summed E-state index contributed by atoms with van der Waals surface area (Å²) in [5, 5.41) is 4.33. The summed E-state index contributed by atoms with van der Waals surface area (Å²) in [5.41, 5.74) is 1.09. The highest BCUT2D eigenvalue weighted by Crippen LogP contribution is 2.55. The van der Waals surface area contributed by atoms with Crippen LogP contribution in [0.2, 0.25) is 0 Å². The average Bonchev–Trinajstić information content (AvgIpc) is 2.84. The molecule has 0 amide bonds. The largest absolute Gasteiger partial charge is 0.112 e. The SMILES string of the molecule is C(#Cc1ccccc1)CCC[P+](c1ccccc1)(c1ccccc1)c1ccccc1. The van der Waals surface area contributed by atoms with Gasteiger partial charge in [-0.05, 0) is 55.0 Å². The van der Waals surface area contributed by atoms with E-state index in [0.717, 1.165) is 24.6 Å². The van der Waals surface area contributed by atoms with E-state index in [1.54, 1.807) is 0 Å². The molecule has 0 atom stereocenters. The number of hydrogen-bond acceptors (Lipinski definition) is 0. The van der Waals surface area contributed by atoms with Gasteiger partial charge in [-0.25, -0.2) is 0 Å². The van der Waals surface area contributed by atoms with Crippen molar-refractivity contribution in [2.45, 2.75) is 12.8 Å². The van der Waals surface area contributed by atoms with Gasteiger partial charge in [-0.15, -0.1) is 0 Å². The van der Waals surface area contributed by atoms with Crippen LogP contribution in [-0.4, -0.2) is 6.16 Å². The molecule has 146 valence electrons. The predicted octanol–water partition coefficient (Wildman–Crippen LogP) is 5.81. The zero-order chi connectivity index (χ0) is 20.5. The minimum absolute atomic E-state index is 0.906. The summed E-state index contributed by atoms with van der Waals surface area (Å²) in [6.07, 6.45) is 3.10. The number of unbranched alkanes of at least 4 members (excludes halogenated alkanes) is 1. The minimum atomic E-state index is -1.73. The molecular formula is C29H26P+. The normalized spacial score (nSPS) is 10.8. The van der Waals surface area contributed by atoms with Crippen molar-refractivity contribution in [3.8, 4) is 11.8 Å². The lowest BCUT2D eigenvalue weighted by Gasteiger charge is -2.27. The standard InChI is InChI=1S/C29H26P/c1-6-16-26(17-7-1)18-8-5-15-25-30(27-19-9-2-10-20-27,28-21-11-3-12-22-28)29-23-13-4-14-24-29/h1-4,6-7,9-14,16-17,19-24H,5,15,25H2/q+1. The van der Waals surface area contributed by atoms with Crippen LogP contribution in [0.5, 0.6) is 0 Å². The first-order valence-electron chi connectivity index (χ1n) is 10.5. The lowest BCUT2D eigenvalue weighted by Crippen LogP contribution is -2.33. The highest BCUT2D eigenvalue weighted by Gasteiger charge is 2.44. The van der Waals surface area contributed by atoms with E-state index < -0.39 is 7.26 Å².